The van der Waals surface area contributed by atoms with E-state index in [4.69, 9.17) is 0 Å². The van der Waals surface area contributed by atoms with E-state index in [9.17, 15) is 22.8 Å². The van der Waals surface area contributed by atoms with Crippen molar-refractivity contribution in [3.05, 3.63) is 97.7 Å². The molecule has 13 heteroatoms. The monoisotopic (exact) mass is 621 g/mol. The van der Waals surface area contributed by atoms with Crippen LogP contribution in [-0.4, -0.2) is 33.6 Å². The van der Waals surface area contributed by atoms with E-state index in [0.717, 1.165) is 29.3 Å². The van der Waals surface area contributed by atoms with Crippen molar-refractivity contribution < 1.29 is 22.8 Å². The summed E-state index contributed by atoms with van der Waals surface area (Å²) < 4.78 is 44.3. The second kappa shape index (κ2) is 11.5. The van der Waals surface area contributed by atoms with Crippen LogP contribution in [0.4, 0.5) is 24.5 Å². The fourth-order valence-corrected chi connectivity index (χ4v) is 5.92. The van der Waals surface area contributed by atoms with Gasteiger partial charge in [0.05, 0.1) is 33.0 Å². The van der Waals surface area contributed by atoms with E-state index >= 15 is 0 Å². The van der Waals surface area contributed by atoms with Crippen LogP contribution in [0.3, 0.4) is 0 Å². The highest BCUT2D eigenvalue weighted by atomic mass is 32.1. The third-order valence-corrected chi connectivity index (χ3v) is 8.36. The fourth-order valence-electron chi connectivity index (χ4n) is 4.96. The summed E-state index contributed by atoms with van der Waals surface area (Å²) in [4.78, 5) is 35.2. The van der Waals surface area contributed by atoms with Gasteiger partial charge >= 0.3 is 6.18 Å². The third kappa shape index (κ3) is 6.32. The second-order valence-corrected chi connectivity index (χ2v) is 11.9. The van der Waals surface area contributed by atoms with Gasteiger partial charge in [0.15, 0.2) is 0 Å². The van der Waals surface area contributed by atoms with Crippen molar-refractivity contribution in [2.45, 2.75) is 58.5 Å². The molecular weight excluding hydrogens is 591 g/mol. The van der Waals surface area contributed by atoms with E-state index in [1.807, 2.05) is 6.92 Å². The second-order valence-electron chi connectivity index (χ2n) is 11.1. The SMILES string of the molecule is Cc1cn(Cc2ccc(NC(=O)c3ccc(C)c(NC(=O)c4csc5c4=NC(C)NC=5NC4CC4)c3)cc2C(F)(F)F)cn1. The number of hydrogen-bond donors (Lipinski definition) is 4. The molecule has 4 N–H and O–H groups in total. The molecule has 44 heavy (non-hydrogen) atoms. The number of benzene rings is 2. The lowest BCUT2D eigenvalue weighted by molar-refractivity contribution is -0.138. The number of amides is 2. The molecule has 0 saturated heterocycles. The maximum atomic E-state index is 13.9. The summed E-state index contributed by atoms with van der Waals surface area (Å²) >= 11 is 1.42. The molecule has 9 nitrogen and oxygen atoms in total. The van der Waals surface area contributed by atoms with E-state index < -0.39 is 17.6 Å². The van der Waals surface area contributed by atoms with Crippen LogP contribution in [0.1, 0.15) is 62.9 Å². The van der Waals surface area contributed by atoms with Crippen LogP contribution >= 0.6 is 11.3 Å². The highest BCUT2D eigenvalue weighted by molar-refractivity contribution is 7.08. The predicted molar refractivity (Wildman–Crippen MR) is 162 cm³/mol. The fraction of sp³-hybridized carbons (Fsp3) is 0.290. The van der Waals surface area contributed by atoms with Gasteiger partial charge in [0, 0.05) is 41.1 Å². The minimum absolute atomic E-state index is 0.000139. The van der Waals surface area contributed by atoms with Crippen LogP contribution in [0.15, 0.2) is 59.3 Å². The number of imidazole rings is 1. The molecule has 3 heterocycles. The standard InChI is InChI=1S/C31H30F3N7O2S/c1-16-4-5-19(29(42)39-22-7-6-20(24(11-22)31(32,33)34)13-41-12-17(2)35-15-41)10-25(16)40-30(43)23-14-44-27-26(23)36-18(3)37-28(27)38-21-8-9-21/h4-7,10-12,14-15,18,21,37-38H,8-9,13H2,1-3H3,(H,39,42)(H,40,43). The number of aryl methyl sites for hydroxylation is 2. The zero-order valence-corrected chi connectivity index (χ0v) is 25.0. The van der Waals surface area contributed by atoms with Crippen molar-refractivity contribution in [3.63, 3.8) is 0 Å². The van der Waals surface area contributed by atoms with Crippen LogP contribution < -0.4 is 31.2 Å². The Morgan fingerprint density at radius 2 is 1.89 bits per heavy atom. The molecule has 2 aromatic carbocycles. The summed E-state index contributed by atoms with van der Waals surface area (Å²) in [5.74, 6) is -0.104. The molecule has 0 spiro atoms. The number of aromatic nitrogens is 2. The smallest absolute Gasteiger partial charge is 0.368 e. The topological polar surface area (TPSA) is 112 Å². The highest BCUT2D eigenvalue weighted by Crippen LogP contribution is 2.34. The minimum atomic E-state index is -4.62. The van der Waals surface area contributed by atoms with Crippen LogP contribution in [0.2, 0.25) is 0 Å². The number of halogens is 3. The summed E-state index contributed by atoms with van der Waals surface area (Å²) in [7, 11) is 0. The molecule has 1 unspecified atom stereocenters. The minimum Gasteiger partial charge on any atom is -0.368 e. The summed E-state index contributed by atoms with van der Waals surface area (Å²) in [6.45, 7) is 5.44. The number of fused-ring (bicyclic) bond motifs is 1. The molecule has 1 saturated carbocycles. The Hall–Kier alpha value is -4.65. The van der Waals surface area contributed by atoms with E-state index in [2.05, 4.69) is 31.2 Å². The first-order valence-electron chi connectivity index (χ1n) is 14.1. The van der Waals surface area contributed by atoms with Gasteiger partial charge in [-0.3, -0.25) is 14.6 Å². The van der Waals surface area contributed by atoms with Crippen LogP contribution in [-0.2, 0) is 12.7 Å². The van der Waals surface area contributed by atoms with Crippen molar-refractivity contribution in [2.24, 2.45) is 4.99 Å². The van der Waals surface area contributed by atoms with Crippen molar-refractivity contribution in [3.8, 4) is 0 Å². The maximum Gasteiger partial charge on any atom is 0.416 e. The quantitative estimate of drug-likeness (QED) is 0.231. The number of thiophene rings is 1. The van der Waals surface area contributed by atoms with Gasteiger partial charge < -0.3 is 25.8 Å². The van der Waals surface area contributed by atoms with Crippen LogP contribution in [0.5, 0.6) is 0 Å². The first-order valence-corrected chi connectivity index (χ1v) is 15.0. The number of alkyl halides is 3. The van der Waals surface area contributed by atoms with Crippen LogP contribution in [0, 0.1) is 13.8 Å². The molecule has 4 aromatic rings. The Balaban J connectivity index is 1.21. The lowest BCUT2D eigenvalue weighted by Crippen LogP contribution is -2.46. The maximum absolute atomic E-state index is 13.9. The molecule has 1 aliphatic carbocycles. The molecular formula is C31H30F3N7O2S. The van der Waals surface area contributed by atoms with Crippen molar-refractivity contribution in [1.82, 2.24) is 20.2 Å². The van der Waals surface area contributed by atoms with Crippen LogP contribution in [0.25, 0.3) is 5.82 Å². The van der Waals surface area contributed by atoms with Crippen molar-refractivity contribution >= 4 is 40.3 Å². The number of carbonyl (C=O) groups is 2. The molecule has 228 valence electrons. The first-order chi connectivity index (χ1) is 20.9. The lowest BCUT2D eigenvalue weighted by Gasteiger charge is -2.19. The molecule has 2 amide bonds. The zero-order chi connectivity index (χ0) is 31.2. The average Bonchev–Trinajstić information content (AvgIpc) is 3.52. The predicted octanol–water partition coefficient (Wildman–Crippen LogP) is 4.52. The number of carbonyl (C=O) groups excluding carboxylic acids is 2. The largest absolute Gasteiger partial charge is 0.416 e. The third-order valence-electron chi connectivity index (χ3n) is 7.37. The Morgan fingerprint density at radius 3 is 2.59 bits per heavy atom. The number of anilines is 2. The van der Waals surface area contributed by atoms with E-state index in [-0.39, 0.29) is 35.4 Å². The van der Waals surface area contributed by atoms with Crippen molar-refractivity contribution in [2.75, 3.05) is 10.6 Å². The Morgan fingerprint density at radius 1 is 1.09 bits per heavy atom. The van der Waals surface area contributed by atoms with Gasteiger partial charge in [0.1, 0.15) is 12.0 Å². The summed E-state index contributed by atoms with van der Waals surface area (Å²) in [5.41, 5.74) is 1.62. The van der Waals surface area contributed by atoms with Gasteiger partial charge in [-0.05, 0) is 69.0 Å². The summed E-state index contributed by atoms with van der Waals surface area (Å²) in [5, 5.41) is 14.6. The van der Waals surface area contributed by atoms with E-state index in [1.54, 1.807) is 42.1 Å². The van der Waals surface area contributed by atoms with Gasteiger partial charge in [-0.25, -0.2) is 4.98 Å². The van der Waals surface area contributed by atoms with Gasteiger partial charge in [-0.2, -0.15) is 13.2 Å². The van der Waals surface area contributed by atoms with Crippen molar-refractivity contribution in [1.29, 1.82) is 0 Å². The van der Waals surface area contributed by atoms with E-state index in [1.165, 1.54) is 35.9 Å². The Labute approximate surface area is 254 Å². The highest BCUT2D eigenvalue weighted by Gasteiger charge is 2.34. The molecule has 0 radical (unpaired) electrons. The van der Waals surface area contributed by atoms with Gasteiger partial charge in [0.2, 0.25) is 0 Å². The summed E-state index contributed by atoms with van der Waals surface area (Å²) in [6.07, 6.45) is 0.510. The lowest BCUT2D eigenvalue weighted by atomic mass is 10.0. The number of nitrogens with zero attached hydrogens (tertiary/aromatic N) is 3. The van der Waals surface area contributed by atoms with Gasteiger partial charge in [-0.15, -0.1) is 11.3 Å². The Bertz CT molecular complexity index is 1890. The molecule has 1 atom stereocenters. The number of nitrogens with one attached hydrogen (secondary N) is 4. The molecule has 2 aliphatic rings. The molecule has 6 rings (SSSR count). The zero-order valence-electron chi connectivity index (χ0n) is 24.2. The normalized spacial score (nSPS) is 16.0. The number of rotatable bonds is 8. The molecule has 0 bridgehead atoms. The average molecular weight is 622 g/mol. The Kier molecular flexibility index (Phi) is 7.66. The molecule has 2 aromatic heterocycles. The van der Waals surface area contributed by atoms with E-state index in [0.29, 0.717) is 33.9 Å². The first kappa shape index (κ1) is 29.4. The van der Waals surface area contributed by atoms with Gasteiger partial charge in [-0.1, -0.05) is 12.1 Å². The summed E-state index contributed by atoms with van der Waals surface area (Å²) in [6, 6.07) is 8.88. The number of hydrogen-bond acceptors (Lipinski definition) is 7. The molecule has 1 aliphatic heterocycles. The van der Waals surface area contributed by atoms with Gasteiger partial charge in [0.25, 0.3) is 11.8 Å². The molecule has 1 fully saturated rings.